The highest BCUT2D eigenvalue weighted by atomic mass is 35.5. The molecule has 0 radical (unpaired) electrons. The number of hydrogen-bond acceptors (Lipinski definition) is 3. The molecule has 2 aromatic rings. The summed E-state index contributed by atoms with van der Waals surface area (Å²) in [7, 11) is 0. The Hall–Kier alpha value is -1.61. The normalized spacial score (nSPS) is 10.6. The highest BCUT2D eigenvalue weighted by Crippen LogP contribution is 2.24. The van der Waals surface area contributed by atoms with E-state index in [1.807, 2.05) is 31.2 Å². The zero-order valence-corrected chi connectivity index (χ0v) is 10.9. The number of ether oxygens (including phenoxy) is 1. The zero-order valence-electron chi connectivity index (χ0n) is 10.1. The lowest BCUT2D eigenvalue weighted by molar-refractivity contribution is 0.0501. The summed E-state index contributed by atoms with van der Waals surface area (Å²) in [5, 5.41) is 1.94. The summed E-state index contributed by atoms with van der Waals surface area (Å²) in [4.78, 5) is 16.0. The lowest BCUT2D eigenvalue weighted by Crippen LogP contribution is -2.07. The molecule has 0 aliphatic rings. The lowest BCUT2D eigenvalue weighted by atomic mass is 10.1. The van der Waals surface area contributed by atoms with Crippen molar-refractivity contribution in [3.63, 3.8) is 0 Å². The third kappa shape index (κ3) is 2.62. The van der Waals surface area contributed by atoms with E-state index < -0.39 is 0 Å². The van der Waals surface area contributed by atoms with Crippen molar-refractivity contribution >= 4 is 28.3 Å². The molecule has 0 N–H and O–H groups in total. The van der Waals surface area contributed by atoms with Gasteiger partial charge in [0.2, 0.25) is 0 Å². The second-order valence-corrected chi connectivity index (χ2v) is 4.36. The molecule has 1 aromatic heterocycles. The van der Waals surface area contributed by atoms with Gasteiger partial charge < -0.3 is 4.74 Å². The highest BCUT2D eigenvalue weighted by Gasteiger charge is 2.13. The number of carbonyl (C=O) groups excluding carboxylic acids is 1. The number of halogens is 1. The van der Waals surface area contributed by atoms with Gasteiger partial charge in [0.15, 0.2) is 0 Å². The van der Waals surface area contributed by atoms with Gasteiger partial charge in [0, 0.05) is 17.0 Å². The molecular formula is C14H14ClNO2. The Labute approximate surface area is 111 Å². The molecule has 4 heteroatoms. The maximum Gasteiger partial charge on any atom is 0.340 e. The fourth-order valence-electron chi connectivity index (χ4n) is 1.71. The topological polar surface area (TPSA) is 39.2 Å². The molecule has 0 unspecified atom stereocenters. The fourth-order valence-corrected chi connectivity index (χ4v) is 1.92. The summed E-state index contributed by atoms with van der Waals surface area (Å²) in [6.45, 7) is 2.49. The Morgan fingerprint density at radius 3 is 2.78 bits per heavy atom. The van der Waals surface area contributed by atoms with Crippen molar-refractivity contribution in [1.29, 1.82) is 0 Å². The van der Waals surface area contributed by atoms with E-state index in [-0.39, 0.29) is 5.97 Å². The van der Waals surface area contributed by atoms with Gasteiger partial charge in [-0.3, -0.25) is 0 Å². The molecule has 0 fully saturated rings. The van der Waals surface area contributed by atoms with Crippen molar-refractivity contribution in [3.8, 4) is 0 Å². The van der Waals surface area contributed by atoms with Crippen LogP contribution in [0.5, 0.6) is 0 Å². The maximum absolute atomic E-state index is 11.9. The van der Waals surface area contributed by atoms with Gasteiger partial charge in [0.1, 0.15) is 5.15 Å². The first-order chi connectivity index (χ1) is 8.74. The van der Waals surface area contributed by atoms with Crippen LogP contribution in [0.1, 0.15) is 30.1 Å². The summed E-state index contributed by atoms with van der Waals surface area (Å²) >= 11 is 6.00. The van der Waals surface area contributed by atoms with Crippen molar-refractivity contribution in [3.05, 3.63) is 41.2 Å². The van der Waals surface area contributed by atoms with E-state index in [0.717, 1.165) is 23.6 Å². The summed E-state index contributed by atoms with van der Waals surface area (Å²) in [5.74, 6) is -0.344. The number of benzene rings is 1. The van der Waals surface area contributed by atoms with Crippen LogP contribution in [0.25, 0.3) is 10.8 Å². The van der Waals surface area contributed by atoms with Crippen LogP contribution >= 0.6 is 11.6 Å². The van der Waals surface area contributed by atoms with E-state index in [4.69, 9.17) is 16.3 Å². The molecule has 94 valence electrons. The average Bonchev–Trinajstić information content (AvgIpc) is 2.39. The standard InChI is InChI=1S/C14H14ClNO2/c1-2-3-8-18-14(17)12-9-16-13(15)11-7-5-4-6-10(11)12/h4-7,9H,2-3,8H2,1H3. The van der Waals surface area contributed by atoms with Crippen molar-refractivity contribution in [2.75, 3.05) is 6.61 Å². The van der Waals surface area contributed by atoms with Crippen LogP contribution in [0.15, 0.2) is 30.5 Å². The third-order valence-corrected chi connectivity index (χ3v) is 3.00. The molecule has 0 bridgehead atoms. The predicted octanol–water partition coefficient (Wildman–Crippen LogP) is 3.85. The number of pyridine rings is 1. The van der Waals surface area contributed by atoms with Gasteiger partial charge in [-0.1, -0.05) is 49.2 Å². The second-order valence-electron chi connectivity index (χ2n) is 4.00. The highest BCUT2D eigenvalue weighted by molar-refractivity contribution is 6.34. The van der Waals surface area contributed by atoms with Gasteiger partial charge in [0.05, 0.1) is 12.2 Å². The number of unbranched alkanes of at least 4 members (excludes halogenated alkanes) is 1. The van der Waals surface area contributed by atoms with E-state index in [9.17, 15) is 4.79 Å². The lowest BCUT2D eigenvalue weighted by Gasteiger charge is -2.07. The molecule has 0 saturated carbocycles. The molecule has 0 spiro atoms. The zero-order chi connectivity index (χ0) is 13.0. The van der Waals surface area contributed by atoms with Crippen molar-refractivity contribution in [2.24, 2.45) is 0 Å². The van der Waals surface area contributed by atoms with Crippen molar-refractivity contribution in [1.82, 2.24) is 4.98 Å². The smallest absolute Gasteiger partial charge is 0.340 e. The monoisotopic (exact) mass is 263 g/mol. The summed E-state index contributed by atoms with van der Waals surface area (Å²) in [6, 6.07) is 7.41. The summed E-state index contributed by atoms with van der Waals surface area (Å²) < 4.78 is 5.19. The molecule has 1 heterocycles. The van der Waals surface area contributed by atoms with Crippen LogP contribution in [0.4, 0.5) is 0 Å². The molecule has 0 aliphatic heterocycles. The SMILES string of the molecule is CCCCOC(=O)c1cnc(Cl)c2ccccc12. The van der Waals surface area contributed by atoms with Gasteiger partial charge in [-0.25, -0.2) is 9.78 Å². The van der Waals surface area contributed by atoms with Crippen LogP contribution in [-0.2, 0) is 4.74 Å². The van der Waals surface area contributed by atoms with Gasteiger partial charge in [-0.2, -0.15) is 0 Å². The van der Waals surface area contributed by atoms with E-state index in [1.165, 1.54) is 6.20 Å². The van der Waals surface area contributed by atoms with Crippen LogP contribution in [0.2, 0.25) is 5.15 Å². The molecule has 0 amide bonds. The Morgan fingerprint density at radius 2 is 2.06 bits per heavy atom. The Bertz CT molecular complexity index is 569. The number of esters is 1. The number of aromatic nitrogens is 1. The number of nitrogens with zero attached hydrogens (tertiary/aromatic N) is 1. The van der Waals surface area contributed by atoms with E-state index in [0.29, 0.717) is 17.3 Å². The maximum atomic E-state index is 11.9. The van der Waals surface area contributed by atoms with Crippen LogP contribution < -0.4 is 0 Å². The largest absolute Gasteiger partial charge is 0.462 e. The van der Waals surface area contributed by atoms with Crippen molar-refractivity contribution < 1.29 is 9.53 Å². The molecule has 0 saturated heterocycles. The Morgan fingerprint density at radius 1 is 1.33 bits per heavy atom. The predicted molar refractivity (Wildman–Crippen MR) is 71.9 cm³/mol. The number of hydrogen-bond donors (Lipinski definition) is 0. The number of fused-ring (bicyclic) bond motifs is 1. The summed E-state index contributed by atoms with van der Waals surface area (Å²) in [5.41, 5.74) is 0.464. The average molecular weight is 264 g/mol. The first kappa shape index (κ1) is 12.8. The second kappa shape index (κ2) is 5.83. The van der Waals surface area contributed by atoms with Gasteiger partial charge in [-0.15, -0.1) is 0 Å². The summed E-state index contributed by atoms with van der Waals surface area (Å²) in [6.07, 6.45) is 3.33. The van der Waals surface area contributed by atoms with Crippen LogP contribution in [0, 0.1) is 0 Å². The van der Waals surface area contributed by atoms with Crippen LogP contribution in [0.3, 0.4) is 0 Å². The van der Waals surface area contributed by atoms with Gasteiger partial charge >= 0.3 is 5.97 Å². The fraction of sp³-hybridized carbons (Fsp3) is 0.286. The molecule has 0 atom stereocenters. The van der Waals surface area contributed by atoms with E-state index in [2.05, 4.69) is 4.98 Å². The molecule has 2 rings (SSSR count). The molecular weight excluding hydrogens is 250 g/mol. The Kier molecular flexibility index (Phi) is 4.15. The minimum absolute atomic E-state index is 0.344. The molecule has 0 aliphatic carbocycles. The number of rotatable bonds is 4. The van der Waals surface area contributed by atoms with Gasteiger partial charge in [-0.05, 0) is 6.42 Å². The van der Waals surface area contributed by atoms with Crippen LogP contribution in [-0.4, -0.2) is 17.6 Å². The van der Waals surface area contributed by atoms with Gasteiger partial charge in [0.25, 0.3) is 0 Å². The minimum atomic E-state index is -0.344. The van der Waals surface area contributed by atoms with E-state index in [1.54, 1.807) is 0 Å². The quantitative estimate of drug-likeness (QED) is 0.478. The van der Waals surface area contributed by atoms with Crippen molar-refractivity contribution in [2.45, 2.75) is 19.8 Å². The third-order valence-electron chi connectivity index (χ3n) is 2.70. The first-order valence-corrected chi connectivity index (χ1v) is 6.32. The molecule has 3 nitrogen and oxygen atoms in total. The number of carbonyl (C=O) groups is 1. The molecule has 1 aromatic carbocycles. The minimum Gasteiger partial charge on any atom is -0.462 e. The van der Waals surface area contributed by atoms with E-state index >= 15 is 0 Å². The Balaban J connectivity index is 2.33. The first-order valence-electron chi connectivity index (χ1n) is 5.94. The molecule has 18 heavy (non-hydrogen) atoms.